The maximum absolute atomic E-state index is 13.2. The standard InChI is InChI=1S/C7H14F2N2/c1-7(9,6-8)11-4-2-10-3-5-11/h10H,2-6H2,1H3. The molecular weight excluding hydrogens is 150 g/mol. The third-order valence-electron chi connectivity index (χ3n) is 2.02. The molecular formula is C7H14F2N2. The van der Waals surface area contributed by atoms with Crippen LogP contribution in [0.15, 0.2) is 0 Å². The molecule has 0 bridgehead atoms. The molecule has 0 radical (unpaired) electrons. The Hall–Kier alpha value is -0.220. The lowest BCUT2D eigenvalue weighted by Crippen LogP contribution is -2.53. The molecule has 11 heavy (non-hydrogen) atoms. The van der Waals surface area contributed by atoms with Gasteiger partial charge < -0.3 is 5.32 Å². The van der Waals surface area contributed by atoms with Crippen LogP contribution >= 0.6 is 0 Å². The Balaban J connectivity index is 2.43. The highest BCUT2D eigenvalue weighted by Gasteiger charge is 2.32. The van der Waals surface area contributed by atoms with Crippen LogP contribution in [-0.4, -0.2) is 43.5 Å². The second-order valence-electron chi connectivity index (χ2n) is 3.01. The number of nitrogens with zero attached hydrogens (tertiary/aromatic N) is 1. The zero-order valence-electron chi connectivity index (χ0n) is 6.74. The summed E-state index contributed by atoms with van der Waals surface area (Å²) in [6, 6.07) is 0. The van der Waals surface area contributed by atoms with Crippen LogP contribution in [0.5, 0.6) is 0 Å². The van der Waals surface area contributed by atoms with Gasteiger partial charge in [0.2, 0.25) is 0 Å². The first-order valence-electron chi connectivity index (χ1n) is 3.87. The van der Waals surface area contributed by atoms with E-state index in [0.29, 0.717) is 13.1 Å². The van der Waals surface area contributed by atoms with Crippen molar-refractivity contribution in [1.29, 1.82) is 0 Å². The molecule has 0 aromatic carbocycles. The molecule has 1 aliphatic heterocycles. The summed E-state index contributed by atoms with van der Waals surface area (Å²) < 4.78 is 25.3. The molecule has 1 fully saturated rings. The monoisotopic (exact) mass is 164 g/mol. The summed E-state index contributed by atoms with van der Waals surface area (Å²) >= 11 is 0. The van der Waals surface area contributed by atoms with E-state index in [9.17, 15) is 8.78 Å². The highest BCUT2D eigenvalue weighted by Crippen LogP contribution is 2.17. The maximum Gasteiger partial charge on any atom is 0.189 e. The number of halogens is 2. The predicted octanol–water partition coefficient (Wildman–Crippen LogP) is 0.547. The van der Waals surface area contributed by atoms with Crippen molar-refractivity contribution in [3.63, 3.8) is 0 Å². The highest BCUT2D eigenvalue weighted by atomic mass is 19.2. The second kappa shape index (κ2) is 3.45. The molecule has 66 valence electrons. The largest absolute Gasteiger partial charge is 0.314 e. The van der Waals surface area contributed by atoms with Crippen LogP contribution in [0.1, 0.15) is 6.92 Å². The van der Waals surface area contributed by atoms with Crippen molar-refractivity contribution in [3.8, 4) is 0 Å². The number of alkyl halides is 2. The Kier molecular flexibility index (Phi) is 2.78. The Bertz CT molecular complexity index is 122. The summed E-state index contributed by atoms with van der Waals surface area (Å²) in [4.78, 5) is 1.53. The number of hydrogen-bond acceptors (Lipinski definition) is 2. The van der Waals surface area contributed by atoms with Crippen LogP contribution in [0.3, 0.4) is 0 Å². The van der Waals surface area contributed by atoms with Gasteiger partial charge in [0.05, 0.1) is 0 Å². The van der Waals surface area contributed by atoms with Crippen molar-refractivity contribution in [2.45, 2.75) is 12.7 Å². The normalized spacial score (nSPS) is 26.5. The smallest absolute Gasteiger partial charge is 0.189 e. The van der Waals surface area contributed by atoms with Crippen LogP contribution in [0, 0.1) is 0 Å². The Morgan fingerprint density at radius 1 is 1.45 bits per heavy atom. The van der Waals surface area contributed by atoms with E-state index in [-0.39, 0.29) is 0 Å². The lowest BCUT2D eigenvalue weighted by molar-refractivity contribution is -0.0434. The Labute approximate surface area is 65.6 Å². The summed E-state index contributed by atoms with van der Waals surface area (Å²) in [6.07, 6.45) is 0. The topological polar surface area (TPSA) is 15.3 Å². The first-order valence-corrected chi connectivity index (χ1v) is 3.87. The molecule has 1 atom stereocenters. The van der Waals surface area contributed by atoms with Crippen LogP contribution in [0.4, 0.5) is 8.78 Å². The average Bonchev–Trinajstić information content (AvgIpc) is 2.06. The molecule has 0 aromatic heterocycles. The number of rotatable bonds is 2. The van der Waals surface area contributed by atoms with Crippen LogP contribution in [0.25, 0.3) is 0 Å². The minimum atomic E-state index is -1.76. The van der Waals surface area contributed by atoms with Gasteiger partial charge in [-0.25, -0.2) is 8.78 Å². The molecule has 1 heterocycles. The van der Waals surface area contributed by atoms with E-state index in [0.717, 1.165) is 13.1 Å². The third kappa shape index (κ3) is 2.10. The third-order valence-corrected chi connectivity index (χ3v) is 2.02. The van der Waals surface area contributed by atoms with E-state index in [1.54, 1.807) is 0 Å². The highest BCUT2D eigenvalue weighted by molar-refractivity contribution is 4.78. The molecule has 2 nitrogen and oxygen atoms in total. The molecule has 4 heteroatoms. The molecule has 0 saturated carbocycles. The maximum atomic E-state index is 13.2. The van der Waals surface area contributed by atoms with Crippen LogP contribution < -0.4 is 5.32 Å². The lowest BCUT2D eigenvalue weighted by Gasteiger charge is -2.35. The van der Waals surface area contributed by atoms with Gasteiger partial charge in [0.15, 0.2) is 5.79 Å². The first kappa shape index (κ1) is 8.87. The molecule has 1 aliphatic rings. The van der Waals surface area contributed by atoms with E-state index in [1.807, 2.05) is 0 Å². The van der Waals surface area contributed by atoms with E-state index in [4.69, 9.17) is 0 Å². The van der Waals surface area contributed by atoms with Gasteiger partial charge in [-0.05, 0) is 6.92 Å². The number of nitrogens with one attached hydrogen (secondary N) is 1. The SMILES string of the molecule is CC(F)(CF)N1CCNCC1. The molecule has 1 N–H and O–H groups in total. The number of hydrogen-bond donors (Lipinski definition) is 1. The van der Waals surface area contributed by atoms with Crippen LogP contribution in [0.2, 0.25) is 0 Å². The van der Waals surface area contributed by atoms with Crippen molar-refractivity contribution in [2.24, 2.45) is 0 Å². The van der Waals surface area contributed by atoms with Gasteiger partial charge in [0.1, 0.15) is 6.67 Å². The van der Waals surface area contributed by atoms with Crippen LogP contribution in [-0.2, 0) is 0 Å². The first-order chi connectivity index (χ1) is 5.17. The van der Waals surface area contributed by atoms with Gasteiger partial charge in [-0.2, -0.15) is 0 Å². The molecule has 1 rings (SSSR count). The van der Waals surface area contributed by atoms with E-state index < -0.39 is 12.5 Å². The van der Waals surface area contributed by atoms with Gasteiger partial charge in [-0.15, -0.1) is 0 Å². The van der Waals surface area contributed by atoms with E-state index in [1.165, 1.54) is 11.8 Å². The van der Waals surface area contributed by atoms with E-state index in [2.05, 4.69) is 5.32 Å². The minimum absolute atomic E-state index is 0.594. The molecule has 1 saturated heterocycles. The quantitative estimate of drug-likeness (QED) is 0.599. The predicted molar refractivity (Wildman–Crippen MR) is 39.9 cm³/mol. The number of piperazine rings is 1. The zero-order chi connectivity index (χ0) is 8.32. The summed E-state index contributed by atoms with van der Waals surface area (Å²) in [5.41, 5.74) is 0. The van der Waals surface area contributed by atoms with Gasteiger partial charge >= 0.3 is 0 Å². The second-order valence-corrected chi connectivity index (χ2v) is 3.01. The van der Waals surface area contributed by atoms with Gasteiger partial charge in [0.25, 0.3) is 0 Å². The molecule has 0 aliphatic carbocycles. The molecule has 1 unspecified atom stereocenters. The summed E-state index contributed by atoms with van der Waals surface area (Å²) in [5.74, 6) is -1.76. The summed E-state index contributed by atoms with van der Waals surface area (Å²) in [5, 5.41) is 3.08. The lowest BCUT2D eigenvalue weighted by atomic mass is 10.2. The van der Waals surface area contributed by atoms with E-state index >= 15 is 0 Å². The Morgan fingerprint density at radius 2 is 2.00 bits per heavy atom. The summed E-state index contributed by atoms with van der Waals surface area (Å²) in [7, 11) is 0. The van der Waals surface area contributed by atoms with Gasteiger partial charge in [0, 0.05) is 26.2 Å². The fourth-order valence-corrected chi connectivity index (χ4v) is 1.22. The Morgan fingerprint density at radius 3 is 2.45 bits per heavy atom. The fourth-order valence-electron chi connectivity index (χ4n) is 1.22. The molecule has 0 amide bonds. The fraction of sp³-hybridized carbons (Fsp3) is 1.00. The minimum Gasteiger partial charge on any atom is -0.314 e. The van der Waals surface area contributed by atoms with Crippen molar-refractivity contribution in [2.75, 3.05) is 32.9 Å². The van der Waals surface area contributed by atoms with Crippen molar-refractivity contribution in [1.82, 2.24) is 10.2 Å². The average molecular weight is 164 g/mol. The van der Waals surface area contributed by atoms with Crippen molar-refractivity contribution >= 4 is 0 Å². The molecule has 0 spiro atoms. The van der Waals surface area contributed by atoms with Gasteiger partial charge in [-0.1, -0.05) is 0 Å². The van der Waals surface area contributed by atoms with Gasteiger partial charge in [-0.3, -0.25) is 4.90 Å². The van der Waals surface area contributed by atoms with Crippen molar-refractivity contribution in [3.05, 3.63) is 0 Å². The molecule has 0 aromatic rings. The zero-order valence-corrected chi connectivity index (χ0v) is 6.74. The van der Waals surface area contributed by atoms with Crippen molar-refractivity contribution < 1.29 is 8.78 Å². The summed E-state index contributed by atoms with van der Waals surface area (Å²) in [6.45, 7) is 3.05.